The van der Waals surface area contributed by atoms with Crippen LogP contribution in [0.4, 0.5) is 39.5 Å². The second-order valence-electron chi connectivity index (χ2n) is 40.2. The monoisotopic (exact) mass is 1950 g/mol. The summed E-state index contributed by atoms with van der Waals surface area (Å²) < 4.78 is 125. The Labute approximate surface area is 850 Å². The maximum absolute atomic E-state index is 13.3. The number of rotatable bonds is 14. The molecule has 140 heavy (non-hydrogen) atoms. The molecule has 12 heteroatoms. The summed E-state index contributed by atoms with van der Waals surface area (Å²) in [6.07, 6.45) is -4.62. The van der Waals surface area contributed by atoms with Crippen LogP contribution in [-0.4, -0.2) is 14.2 Å². The van der Waals surface area contributed by atoms with Crippen LogP contribution in [0.2, 0.25) is 5.02 Å². The summed E-state index contributed by atoms with van der Waals surface area (Å²) in [5.41, 5.74) is 32.9. The molecule has 0 unspecified atom stereocenters. The number of alkyl halides is 3. The largest absolute Gasteiger partial charge is 0.497 e. The number of benzene rings is 12. The quantitative estimate of drug-likeness (QED) is 0.101. The van der Waals surface area contributed by atoms with Crippen molar-refractivity contribution in [3.8, 4) is 11.5 Å². The molecular formula is C128H176ClF9O2. The number of hydrogen-bond donors (Lipinski definition) is 0. The Bertz CT molecular complexity index is 5240. The van der Waals surface area contributed by atoms with E-state index in [-0.39, 0.29) is 36.6 Å². The van der Waals surface area contributed by atoms with Crippen molar-refractivity contribution in [2.45, 2.75) is 362 Å². The fourth-order valence-electron chi connectivity index (χ4n) is 15.9. The van der Waals surface area contributed by atoms with Gasteiger partial charge in [0.2, 0.25) is 0 Å². The van der Waals surface area contributed by atoms with Gasteiger partial charge in [0.1, 0.15) is 23.1 Å². The lowest BCUT2D eigenvalue weighted by Gasteiger charge is -2.12. The molecule has 12 rings (SSSR count). The molecule has 12 aromatic carbocycles. The molecule has 0 bridgehead atoms. The van der Waals surface area contributed by atoms with Gasteiger partial charge in [-0.3, -0.25) is 0 Å². The smallest absolute Gasteiger partial charge is 0.419 e. The highest BCUT2D eigenvalue weighted by atomic mass is 35.5. The molecule has 0 saturated carbocycles. The topological polar surface area (TPSA) is 18.5 Å². The van der Waals surface area contributed by atoms with Gasteiger partial charge in [-0.05, 0) is 363 Å². The van der Waals surface area contributed by atoms with Crippen LogP contribution in [0.25, 0.3) is 0 Å². The highest BCUT2D eigenvalue weighted by Gasteiger charge is 2.35. The van der Waals surface area contributed by atoms with E-state index in [4.69, 9.17) is 21.1 Å². The highest BCUT2D eigenvalue weighted by Crippen LogP contribution is 2.36. The van der Waals surface area contributed by atoms with E-state index in [0.29, 0.717) is 64.4 Å². The summed E-state index contributed by atoms with van der Waals surface area (Å²) in [6.45, 7) is 84.0. The van der Waals surface area contributed by atoms with Crippen molar-refractivity contribution < 1.29 is 49.0 Å². The predicted octanol–water partition coefficient (Wildman–Crippen LogP) is 41.8. The minimum absolute atomic E-state index is 0. The second-order valence-corrected chi connectivity index (χ2v) is 40.6. The van der Waals surface area contributed by atoms with E-state index in [2.05, 4.69) is 335 Å². The lowest BCUT2D eigenvalue weighted by Crippen LogP contribution is -2.10. The minimum Gasteiger partial charge on any atom is -0.497 e. The van der Waals surface area contributed by atoms with E-state index in [1.807, 2.05) is 72.7 Å². The molecule has 770 valence electrons. The number of methoxy groups -OCH3 is 2. The van der Waals surface area contributed by atoms with E-state index < -0.39 is 40.8 Å². The van der Waals surface area contributed by atoms with Crippen LogP contribution in [0.5, 0.6) is 11.5 Å². The van der Waals surface area contributed by atoms with Crippen LogP contribution in [0.1, 0.15) is 406 Å². The van der Waals surface area contributed by atoms with E-state index in [1.54, 1.807) is 53.2 Å². The summed E-state index contributed by atoms with van der Waals surface area (Å²) >= 11 is 6.09. The zero-order valence-electron chi connectivity index (χ0n) is 92.7. The molecule has 0 N–H and O–H groups in total. The van der Waals surface area contributed by atoms with E-state index in [9.17, 15) is 39.5 Å². The zero-order valence-corrected chi connectivity index (χ0v) is 93.4. The normalized spacial score (nSPS) is 10.7. The van der Waals surface area contributed by atoms with Gasteiger partial charge in [0, 0.05) is 5.02 Å². The molecule has 0 fully saturated rings. The van der Waals surface area contributed by atoms with Crippen LogP contribution in [0.3, 0.4) is 0 Å². The van der Waals surface area contributed by atoms with Crippen molar-refractivity contribution in [1.82, 2.24) is 0 Å². The summed E-state index contributed by atoms with van der Waals surface area (Å²) in [4.78, 5) is 0. The molecule has 0 saturated heterocycles. The van der Waals surface area contributed by atoms with Crippen molar-refractivity contribution >= 4 is 11.6 Å². The van der Waals surface area contributed by atoms with Gasteiger partial charge < -0.3 is 9.47 Å². The summed E-state index contributed by atoms with van der Waals surface area (Å²) in [5.74, 6) is 3.08. The average molecular weight is 1950 g/mol. The lowest BCUT2D eigenvalue weighted by molar-refractivity contribution is -0.140. The first kappa shape index (κ1) is 130. The van der Waals surface area contributed by atoms with Crippen molar-refractivity contribution in [2.24, 2.45) is 0 Å². The third kappa shape index (κ3) is 43.4. The average Bonchev–Trinajstić information content (AvgIpc) is 0.812. The first-order valence-corrected chi connectivity index (χ1v) is 49.8. The molecule has 0 spiro atoms. The van der Waals surface area contributed by atoms with Gasteiger partial charge >= 0.3 is 6.18 Å². The van der Waals surface area contributed by atoms with Gasteiger partial charge in [0.05, 0.1) is 19.8 Å². The maximum Gasteiger partial charge on any atom is 0.419 e. The van der Waals surface area contributed by atoms with Gasteiger partial charge in [-0.15, -0.1) is 0 Å². The first-order chi connectivity index (χ1) is 64.6. The van der Waals surface area contributed by atoms with Gasteiger partial charge in [-0.2, -0.15) is 13.2 Å². The fourth-order valence-corrected chi connectivity index (χ4v) is 16.2. The lowest BCUT2D eigenvalue weighted by atomic mass is 9.95. The standard InChI is InChI=1S/C11H15F.2C11H16O.5C11H16.C10H13Cl.C10H10F4.C10H12F2.C9H10F2.CH4/c1-7(2)10-5-6-11(12)9(4)8(10)3;1-8(2)11-6-5-10(12-4)7-9(11)3;1-8(2)10-7-9(3)5-6-11(10)12-4;2*1-8(2)11-6-5-9(3)7-10(11)4;3*1-8(2)11-7-5-6-9(3)10(11)4;1-7(2)9-6-4-5-8(3)10(9)11;1-6(2)7-4-3-5-8(9(7)11)10(12,13)14;1-6(2)8-4-5-9(11)10(12)7(8)3;1-6(2)7-4-3-5-8(10)9(7)11;/h5-7H,1-4H3;2*5-8H,1-4H3;5*5-8H,1-4H3;4-7H,1-3H3;3-6H,1-2H3;4-6H,1-3H3;3-6H,1-2H3;1H4. The molecule has 12 aromatic rings. The molecular weight excluding hydrogens is 1780 g/mol. The Balaban J connectivity index is 0.00000151. The molecule has 0 aromatic heterocycles. The third-order valence-corrected chi connectivity index (χ3v) is 25.3. The SMILES string of the molecule is C.CC(C)c1cccc(C(F)(F)F)c1F.CC(C)c1cccc(F)c1F.COc1ccc(C(C)C)c(C)c1.COc1ccc(C)cc1C(C)C.Cc1c(C(C)C)ccc(F)c1F.Cc1c(F)ccc(C(C)C)c1C.Cc1ccc(C(C)C)c(C)c1.Cc1ccc(C(C)C)c(C)c1.Cc1cccc(C(C)C)c1C.Cc1cccc(C(C)C)c1C.Cc1cccc(C(C)C)c1C.Cc1cccc(C(C)C)c1Cl. The van der Waals surface area contributed by atoms with Crippen LogP contribution in [0, 0.1) is 146 Å². The molecule has 0 atom stereocenters. The van der Waals surface area contributed by atoms with E-state index in [0.717, 1.165) is 50.9 Å². The van der Waals surface area contributed by atoms with Crippen LogP contribution < -0.4 is 9.47 Å². The molecule has 0 aliphatic carbocycles. The van der Waals surface area contributed by atoms with Gasteiger partial charge in [-0.1, -0.05) is 366 Å². The fraction of sp³-hybridized carbons (Fsp3) is 0.438. The maximum atomic E-state index is 13.3. The highest BCUT2D eigenvalue weighted by molar-refractivity contribution is 6.32. The Kier molecular flexibility index (Phi) is 59.1. The molecule has 2 nitrogen and oxygen atoms in total. The van der Waals surface area contributed by atoms with Gasteiger partial charge in [-0.25, -0.2) is 26.3 Å². The van der Waals surface area contributed by atoms with Crippen molar-refractivity contribution in [3.63, 3.8) is 0 Å². The van der Waals surface area contributed by atoms with Crippen LogP contribution >= 0.6 is 11.6 Å². The van der Waals surface area contributed by atoms with Gasteiger partial charge in [0.25, 0.3) is 0 Å². The molecule has 0 radical (unpaired) electrons. The van der Waals surface area contributed by atoms with E-state index in [1.165, 1.54) is 141 Å². The van der Waals surface area contributed by atoms with Crippen molar-refractivity contribution in [2.75, 3.05) is 14.2 Å². The number of aryl methyl sites for hydroxylation is 10. The van der Waals surface area contributed by atoms with Crippen molar-refractivity contribution in [1.29, 1.82) is 0 Å². The number of hydrogen-bond acceptors (Lipinski definition) is 2. The molecule has 0 amide bonds. The Hall–Kier alpha value is -10.1. The third-order valence-electron chi connectivity index (χ3n) is 24.8. The predicted molar refractivity (Wildman–Crippen MR) is 592 cm³/mol. The summed E-state index contributed by atoms with van der Waals surface area (Å²) in [7, 11) is 3.42. The van der Waals surface area contributed by atoms with Crippen LogP contribution in [-0.2, 0) is 6.18 Å². The number of halogens is 10. The second kappa shape index (κ2) is 63.7. The van der Waals surface area contributed by atoms with Crippen LogP contribution in [0.15, 0.2) is 206 Å². The molecule has 0 aliphatic rings. The summed E-state index contributed by atoms with van der Waals surface area (Å²) in [5, 5.41) is 0.919. The number of ether oxygens (including phenoxy) is 2. The van der Waals surface area contributed by atoms with Crippen molar-refractivity contribution in [3.05, 3.63) is 408 Å². The summed E-state index contributed by atoms with van der Waals surface area (Å²) in [6, 6.07) is 65.4. The molecule has 0 aliphatic heterocycles. The molecule has 0 heterocycles. The first-order valence-electron chi connectivity index (χ1n) is 49.4. The Morgan fingerprint density at radius 1 is 0.221 bits per heavy atom. The van der Waals surface area contributed by atoms with Gasteiger partial charge in [0.15, 0.2) is 23.3 Å². The van der Waals surface area contributed by atoms with E-state index >= 15 is 0 Å². The minimum atomic E-state index is -4.62. The Morgan fingerprint density at radius 2 is 0.500 bits per heavy atom. The zero-order chi connectivity index (χ0) is 107. The Morgan fingerprint density at radius 3 is 0.821 bits per heavy atom.